The van der Waals surface area contributed by atoms with Crippen LogP contribution >= 0.6 is 35.3 Å². The van der Waals surface area contributed by atoms with Gasteiger partial charge in [0.25, 0.3) is 0 Å². The van der Waals surface area contributed by atoms with Crippen molar-refractivity contribution in [2.24, 2.45) is 0 Å². The molecule has 0 amide bonds. The van der Waals surface area contributed by atoms with E-state index < -0.39 is 0 Å². The van der Waals surface area contributed by atoms with Gasteiger partial charge in [0, 0.05) is 5.38 Å². The highest BCUT2D eigenvalue weighted by Gasteiger charge is 1.97. The van der Waals surface area contributed by atoms with E-state index in [1.54, 1.807) is 11.3 Å². The second-order valence-electron chi connectivity index (χ2n) is 2.12. The third-order valence-electron chi connectivity index (χ3n) is 1.20. The summed E-state index contributed by atoms with van der Waals surface area (Å²) in [6.45, 7) is 2.15. The summed E-state index contributed by atoms with van der Waals surface area (Å²) in [5.74, 6) is 0.542. The summed E-state index contributed by atoms with van der Waals surface area (Å²) in [6.07, 6.45) is 2.25. The van der Waals surface area contributed by atoms with Crippen LogP contribution in [0.2, 0.25) is 0 Å². The topological polar surface area (TPSA) is 12.9 Å². The molecule has 0 fully saturated rings. The average Bonchev–Trinajstić information content (AvgIpc) is 2.37. The maximum atomic E-state index is 5.58. The van der Waals surface area contributed by atoms with Crippen LogP contribution in [0.3, 0.4) is 0 Å². The van der Waals surface area contributed by atoms with Crippen molar-refractivity contribution in [3.05, 3.63) is 16.1 Å². The molecule has 0 bridgehead atoms. The lowest BCUT2D eigenvalue weighted by Gasteiger charge is -1.86. The third-order valence-corrected chi connectivity index (χ3v) is 2.43. The predicted molar refractivity (Wildman–Crippen MR) is 52.9 cm³/mol. The van der Waals surface area contributed by atoms with Crippen molar-refractivity contribution in [1.29, 1.82) is 0 Å². The highest BCUT2D eigenvalue weighted by molar-refractivity contribution is 7.09. The van der Waals surface area contributed by atoms with E-state index in [0.29, 0.717) is 5.88 Å². The van der Waals surface area contributed by atoms with E-state index in [2.05, 4.69) is 11.9 Å². The Balaban J connectivity index is 0.000001000. The quantitative estimate of drug-likeness (QED) is 0.701. The van der Waals surface area contributed by atoms with E-state index >= 15 is 0 Å². The Labute approximate surface area is 82.2 Å². The summed E-state index contributed by atoms with van der Waals surface area (Å²) in [5.41, 5.74) is 1.01. The first-order valence-electron chi connectivity index (χ1n) is 3.36. The minimum absolute atomic E-state index is 0. The number of hydrogen-bond acceptors (Lipinski definition) is 2. The Bertz CT molecular complexity index is 200. The van der Waals surface area contributed by atoms with Gasteiger partial charge in [-0.05, 0) is 12.8 Å². The molecule has 0 N–H and O–H groups in total. The van der Waals surface area contributed by atoms with Gasteiger partial charge in [0.05, 0.1) is 16.6 Å². The molecule has 0 atom stereocenters. The summed E-state index contributed by atoms with van der Waals surface area (Å²) in [4.78, 5) is 4.31. The van der Waals surface area contributed by atoms with Gasteiger partial charge >= 0.3 is 0 Å². The third kappa shape index (κ3) is 3.41. The minimum atomic E-state index is 0. The zero-order valence-electron chi connectivity index (χ0n) is 6.34. The molecule has 0 aliphatic carbocycles. The van der Waals surface area contributed by atoms with Crippen molar-refractivity contribution < 1.29 is 0 Å². The second-order valence-corrected chi connectivity index (χ2v) is 3.33. The van der Waals surface area contributed by atoms with Gasteiger partial charge in [0.2, 0.25) is 0 Å². The van der Waals surface area contributed by atoms with Crippen molar-refractivity contribution >= 4 is 35.3 Å². The standard InChI is InChI=1S/C7H10ClNS.ClH/c1-2-3-7-9-6(4-8)5-10-7;/h5H,2-4H2,1H3;1H. The molecule has 1 rings (SSSR count). The molecule has 64 valence electrons. The molecule has 1 heterocycles. The number of aromatic nitrogens is 1. The van der Waals surface area contributed by atoms with Gasteiger partial charge in [-0.2, -0.15) is 0 Å². The molecule has 0 radical (unpaired) electrons. The molecular formula is C7H11Cl2NS. The number of aryl methyl sites for hydroxylation is 1. The van der Waals surface area contributed by atoms with Gasteiger partial charge in [-0.25, -0.2) is 4.98 Å². The Morgan fingerprint density at radius 1 is 1.64 bits per heavy atom. The lowest BCUT2D eigenvalue weighted by molar-refractivity contribution is 0.902. The molecule has 0 saturated heterocycles. The molecule has 0 aromatic carbocycles. The smallest absolute Gasteiger partial charge is 0.0928 e. The van der Waals surface area contributed by atoms with Crippen LogP contribution in [0.25, 0.3) is 0 Å². The summed E-state index contributed by atoms with van der Waals surface area (Å²) in [7, 11) is 0. The van der Waals surface area contributed by atoms with Crippen LogP contribution in [0.5, 0.6) is 0 Å². The van der Waals surface area contributed by atoms with E-state index in [-0.39, 0.29) is 12.4 Å². The molecule has 1 aromatic heterocycles. The van der Waals surface area contributed by atoms with E-state index in [1.165, 1.54) is 5.01 Å². The Morgan fingerprint density at radius 3 is 2.82 bits per heavy atom. The fourth-order valence-electron chi connectivity index (χ4n) is 0.739. The Kier molecular flexibility index (Phi) is 5.92. The summed E-state index contributed by atoms with van der Waals surface area (Å²) in [6, 6.07) is 0. The number of nitrogens with zero attached hydrogens (tertiary/aromatic N) is 1. The summed E-state index contributed by atoms with van der Waals surface area (Å²) in [5, 5.41) is 3.23. The fraction of sp³-hybridized carbons (Fsp3) is 0.571. The van der Waals surface area contributed by atoms with Gasteiger partial charge in [0.1, 0.15) is 0 Å². The van der Waals surface area contributed by atoms with Crippen molar-refractivity contribution in [2.75, 3.05) is 0 Å². The number of thiazole rings is 1. The summed E-state index contributed by atoms with van der Waals surface area (Å²) >= 11 is 7.29. The van der Waals surface area contributed by atoms with Gasteiger partial charge in [-0.1, -0.05) is 6.92 Å². The van der Waals surface area contributed by atoms with Gasteiger partial charge < -0.3 is 0 Å². The van der Waals surface area contributed by atoms with Crippen LogP contribution in [-0.4, -0.2) is 4.98 Å². The van der Waals surface area contributed by atoms with Crippen LogP contribution in [0, 0.1) is 0 Å². The Morgan fingerprint density at radius 2 is 2.36 bits per heavy atom. The fourth-order valence-corrected chi connectivity index (χ4v) is 1.87. The monoisotopic (exact) mass is 211 g/mol. The van der Waals surface area contributed by atoms with Gasteiger partial charge in [0.15, 0.2) is 0 Å². The highest BCUT2D eigenvalue weighted by Crippen LogP contribution is 2.12. The van der Waals surface area contributed by atoms with E-state index in [1.807, 2.05) is 5.38 Å². The van der Waals surface area contributed by atoms with Crippen LogP contribution in [-0.2, 0) is 12.3 Å². The zero-order valence-corrected chi connectivity index (χ0v) is 8.73. The normalized spacial score (nSPS) is 9.27. The molecule has 0 spiro atoms. The second kappa shape index (κ2) is 5.81. The first-order valence-corrected chi connectivity index (χ1v) is 4.77. The molecule has 0 saturated carbocycles. The van der Waals surface area contributed by atoms with Gasteiger partial charge in [-0.15, -0.1) is 35.3 Å². The first-order chi connectivity index (χ1) is 4.86. The maximum Gasteiger partial charge on any atom is 0.0928 e. The van der Waals surface area contributed by atoms with Gasteiger partial charge in [-0.3, -0.25) is 0 Å². The largest absolute Gasteiger partial charge is 0.245 e. The average molecular weight is 212 g/mol. The van der Waals surface area contributed by atoms with Crippen molar-refractivity contribution in [1.82, 2.24) is 4.98 Å². The van der Waals surface area contributed by atoms with Crippen molar-refractivity contribution in [3.63, 3.8) is 0 Å². The van der Waals surface area contributed by atoms with E-state index in [9.17, 15) is 0 Å². The lowest BCUT2D eigenvalue weighted by atomic mass is 10.3. The maximum absolute atomic E-state index is 5.58. The molecule has 4 heteroatoms. The number of halogens is 2. The number of rotatable bonds is 3. The molecule has 0 unspecified atom stereocenters. The molecular weight excluding hydrogens is 201 g/mol. The number of alkyl halides is 1. The van der Waals surface area contributed by atoms with Crippen molar-refractivity contribution in [2.45, 2.75) is 25.6 Å². The molecule has 0 aliphatic rings. The molecule has 11 heavy (non-hydrogen) atoms. The van der Waals surface area contributed by atoms with E-state index in [0.717, 1.165) is 18.5 Å². The predicted octanol–water partition coefficient (Wildman–Crippen LogP) is 3.26. The molecule has 1 nitrogen and oxygen atoms in total. The Hall–Kier alpha value is 0.210. The molecule has 0 aliphatic heterocycles. The SMILES string of the molecule is CCCc1nc(CCl)cs1.Cl. The van der Waals surface area contributed by atoms with Crippen LogP contribution in [0.15, 0.2) is 5.38 Å². The van der Waals surface area contributed by atoms with Crippen LogP contribution in [0.1, 0.15) is 24.0 Å². The molecule has 1 aromatic rings. The lowest BCUT2D eigenvalue weighted by Crippen LogP contribution is -1.82. The minimum Gasteiger partial charge on any atom is -0.245 e. The first kappa shape index (κ1) is 11.2. The van der Waals surface area contributed by atoms with E-state index in [4.69, 9.17) is 11.6 Å². The van der Waals surface area contributed by atoms with Crippen LogP contribution in [0.4, 0.5) is 0 Å². The highest BCUT2D eigenvalue weighted by atomic mass is 35.5. The number of hydrogen-bond donors (Lipinski definition) is 0. The zero-order chi connectivity index (χ0) is 7.40. The van der Waals surface area contributed by atoms with Crippen LogP contribution < -0.4 is 0 Å². The summed E-state index contributed by atoms with van der Waals surface area (Å²) < 4.78 is 0. The van der Waals surface area contributed by atoms with Crippen molar-refractivity contribution in [3.8, 4) is 0 Å².